The molecule has 0 N–H and O–H groups in total. The maximum absolute atomic E-state index is 6.32. The Kier molecular flexibility index (Phi) is 12.8. The zero-order chi connectivity index (χ0) is 59.5. The monoisotopic (exact) mass is 1150 g/mol. The van der Waals surface area contributed by atoms with Crippen molar-refractivity contribution in [2.45, 2.75) is 0 Å². The van der Waals surface area contributed by atoms with E-state index in [1.165, 1.54) is 98.7 Å². The normalized spacial score (nSPS) is 11.6. The summed E-state index contributed by atoms with van der Waals surface area (Å²) in [6, 6.07) is 112. The van der Waals surface area contributed by atoms with Crippen molar-refractivity contribution in [1.29, 1.82) is 0 Å². The fourth-order valence-corrected chi connectivity index (χ4v) is 13.7. The number of hydrogen-bond donors (Lipinski definition) is 0. The third-order valence-corrected chi connectivity index (χ3v) is 17.9. The first kappa shape index (κ1) is 52.4. The molecular weight excluding hydrogens is 1090 g/mol. The molecule has 4 heterocycles. The minimum atomic E-state index is 0.873. The molecule has 0 unspecified atom stereocenters. The lowest BCUT2D eigenvalue weighted by atomic mass is 9.86. The molecule has 0 aliphatic heterocycles. The van der Waals surface area contributed by atoms with Crippen molar-refractivity contribution in [3.05, 3.63) is 328 Å². The molecule has 0 saturated carbocycles. The van der Waals surface area contributed by atoms with Crippen molar-refractivity contribution in [3.63, 3.8) is 0 Å². The van der Waals surface area contributed by atoms with Crippen molar-refractivity contribution in [3.8, 4) is 89.3 Å². The smallest absolute Gasteiger partial charge is 0.144 e. The van der Waals surface area contributed by atoms with Crippen molar-refractivity contribution >= 4 is 87.0 Å². The van der Waals surface area contributed by atoms with Crippen LogP contribution in [0.2, 0.25) is 0 Å². The Morgan fingerprint density at radius 2 is 0.511 bits per heavy atom. The fourth-order valence-electron chi connectivity index (χ4n) is 13.7. The van der Waals surface area contributed by atoms with Crippen LogP contribution in [0.4, 0.5) is 0 Å². The van der Waals surface area contributed by atoms with Gasteiger partial charge in [0.05, 0.1) is 11.4 Å². The molecular formula is C86H54N2O2. The van der Waals surface area contributed by atoms with E-state index in [0.717, 1.165) is 77.5 Å². The van der Waals surface area contributed by atoms with Crippen molar-refractivity contribution in [1.82, 2.24) is 9.97 Å². The van der Waals surface area contributed by atoms with Gasteiger partial charge in [0.25, 0.3) is 0 Å². The lowest BCUT2D eigenvalue weighted by molar-refractivity contribution is 0.669. The summed E-state index contributed by atoms with van der Waals surface area (Å²) in [6.07, 6.45) is 4.03. The van der Waals surface area contributed by atoms with Gasteiger partial charge in [-0.25, -0.2) is 0 Å². The van der Waals surface area contributed by atoms with Crippen LogP contribution in [-0.2, 0) is 0 Å². The Labute approximate surface area is 519 Å². The number of para-hydroxylation sites is 3. The van der Waals surface area contributed by atoms with E-state index in [1.54, 1.807) is 0 Å². The minimum Gasteiger partial charge on any atom is -0.456 e. The van der Waals surface area contributed by atoms with Crippen LogP contribution >= 0.6 is 0 Å². The lowest BCUT2D eigenvalue weighted by Gasteiger charge is -2.18. The topological polar surface area (TPSA) is 52.1 Å². The summed E-state index contributed by atoms with van der Waals surface area (Å²) in [7, 11) is 0. The average molecular weight is 1150 g/mol. The van der Waals surface area contributed by atoms with E-state index in [0.29, 0.717) is 0 Å². The van der Waals surface area contributed by atoms with Gasteiger partial charge in [0.2, 0.25) is 0 Å². The van der Waals surface area contributed by atoms with Crippen LogP contribution in [0.15, 0.2) is 337 Å². The van der Waals surface area contributed by atoms with Crippen molar-refractivity contribution in [2.75, 3.05) is 0 Å². The third-order valence-electron chi connectivity index (χ3n) is 17.9. The Hall–Kier alpha value is -12.0. The number of pyridine rings is 2. The molecule has 420 valence electrons. The largest absolute Gasteiger partial charge is 0.456 e. The van der Waals surface area contributed by atoms with Gasteiger partial charge in [0.1, 0.15) is 22.3 Å². The Morgan fingerprint density at radius 1 is 0.189 bits per heavy atom. The van der Waals surface area contributed by atoms with Crippen LogP contribution in [-0.4, -0.2) is 9.97 Å². The van der Waals surface area contributed by atoms with Crippen LogP contribution in [0.5, 0.6) is 0 Å². The highest BCUT2D eigenvalue weighted by atomic mass is 16.3. The minimum absolute atomic E-state index is 0.873. The number of fused-ring (bicyclic) bond motifs is 10. The summed E-state index contributed by atoms with van der Waals surface area (Å²) in [6.45, 7) is 0. The van der Waals surface area contributed by atoms with E-state index in [1.807, 2.05) is 42.7 Å². The van der Waals surface area contributed by atoms with E-state index in [-0.39, 0.29) is 0 Å². The molecule has 90 heavy (non-hydrogen) atoms. The van der Waals surface area contributed by atoms with Crippen LogP contribution in [0.25, 0.3) is 176 Å². The van der Waals surface area contributed by atoms with Gasteiger partial charge in [-0.2, -0.15) is 0 Å². The fraction of sp³-hybridized carbons (Fsp3) is 0. The maximum Gasteiger partial charge on any atom is 0.144 e. The first-order chi connectivity index (χ1) is 44.6. The summed E-state index contributed by atoms with van der Waals surface area (Å²) in [4.78, 5) is 10.00. The van der Waals surface area contributed by atoms with Crippen molar-refractivity contribution in [2.24, 2.45) is 0 Å². The highest BCUT2D eigenvalue weighted by molar-refractivity contribution is 6.23. The van der Waals surface area contributed by atoms with Crippen LogP contribution < -0.4 is 0 Å². The lowest BCUT2D eigenvalue weighted by Crippen LogP contribution is -1.92. The molecule has 0 spiro atoms. The first-order valence-corrected chi connectivity index (χ1v) is 30.6. The molecule has 0 atom stereocenters. The number of nitrogens with zero attached hydrogens (tertiary/aromatic N) is 2. The Bertz CT molecular complexity index is 5610. The second-order valence-electron chi connectivity index (χ2n) is 23.0. The summed E-state index contributed by atoms with van der Waals surface area (Å²) in [5, 5.41) is 14.3. The molecule has 0 saturated heterocycles. The van der Waals surface area contributed by atoms with E-state index in [2.05, 4.69) is 285 Å². The molecule has 4 nitrogen and oxygen atoms in total. The Morgan fingerprint density at radius 3 is 0.956 bits per heavy atom. The van der Waals surface area contributed by atoms with E-state index >= 15 is 0 Å². The molecule has 14 aromatic carbocycles. The van der Waals surface area contributed by atoms with Crippen LogP contribution in [0.1, 0.15) is 0 Å². The number of aromatic nitrogens is 2. The molecule has 4 aromatic heterocycles. The number of furan rings is 2. The van der Waals surface area contributed by atoms with Gasteiger partial charge in [0.15, 0.2) is 0 Å². The van der Waals surface area contributed by atoms with Gasteiger partial charge in [-0.3, -0.25) is 9.97 Å². The highest BCUT2D eigenvalue weighted by Gasteiger charge is 2.21. The molecule has 0 aliphatic carbocycles. The first-order valence-electron chi connectivity index (χ1n) is 30.6. The van der Waals surface area contributed by atoms with E-state index < -0.39 is 0 Å². The summed E-state index contributed by atoms with van der Waals surface area (Å²) in [5.74, 6) is 0. The number of benzene rings is 14. The van der Waals surface area contributed by atoms with Crippen molar-refractivity contribution < 1.29 is 8.83 Å². The zero-order valence-corrected chi connectivity index (χ0v) is 48.9. The molecule has 4 heteroatoms. The molecule has 0 fully saturated rings. The predicted octanol–water partition coefficient (Wildman–Crippen LogP) is 23.9. The molecule has 0 radical (unpaired) electrons. The maximum atomic E-state index is 6.32. The van der Waals surface area contributed by atoms with E-state index in [4.69, 9.17) is 18.8 Å². The molecule has 0 amide bonds. The second kappa shape index (κ2) is 22.1. The van der Waals surface area contributed by atoms with Gasteiger partial charge in [-0.1, -0.05) is 273 Å². The highest BCUT2D eigenvalue weighted by Crippen LogP contribution is 2.47. The standard InChI is InChI=1S/2C43H27NO/c1-2-11-28(12-3-1)29-21-23-30(24-22-29)41-33-14-4-6-16-35(33)42(36-17-7-5-15-34(36)41)31-25-26-39(44-27-31)38-19-10-18-37-32-13-8-9-20-40(32)45-43(37)38;1-2-10-28(11-3-1)29-18-20-30(21-19-29)42-35-13-4-6-15-37(35)43(38-16-7-5-14-36(38)42)32-23-25-39(44-27-32)31-22-24-34-33-12-8-9-17-40(33)45-41(34)26-31/h2*1-27H. The quantitative estimate of drug-likeness (QED) is 0.142. The van der Waals surface area contributed by atoms with Gasteiger partial charge >= 0.3 is 0 Å². The summed E-state index contributed by atoms with van der Waals surface area (Å²) < 4.78 is 12.5. The Balaban J connectivity index is 0.000000139. The van der Waals surface area contributed by atoms with E-state index in [9.17, 15) is 0 Å². The summed E-state index contributed by atoms with van der Waals surface area (Å²) in [5.41, 5.74) is 21.8. The number of hydrogen-bond acceptors (Lipinski definition) is 4. The zero-order valence-electron chi connectivity index (χ0n) is 48.9. The second-order valence-corrected chi connectivity index (χ2v) is 23.0. The number of rotatable bonds is 8. The molecule has 0 aliphatic rings. The average Bonchev–Trinajstić information content (AvgIpc) is 1.16. The van der Waals surface area contributed by atoms with Gasteiger partial charge in [-0.05, 0) is 141 Å². The van der Waals surface area contributed by atoms with Crippen LogP contribution in [0, 0.1) is 0 Å². The van der Waals surface area contributed by atoms with Gasteiger partial charge in [0, 0.05) is 56.2 Å². The summed E-state index contributed by atoms with van der Waals surface area (Å²) >= 11 is 0. The third kappa shape index (κ3) is 9.08. The van der Waals surface area contributed by atoms with Gasteiger partial charge in [-0.15, -0.1) is 0 Å². The SMILES string of the molecule is c1ccc(-c2ccc(-c3c4ccccc4c(-c4ccc(-c5ccc6c(c5)oc5ccccc56)nc4)c4ccccc34)cc2)cc1.c1ccc(-c2ccc(-c3c4ccccc4c(-c4ccc(-c5cccc6c5oc5ccccc56)nc4)c4ccccc34)cc2)cc1. The predicted molar refractivity (Wildman–Crippen MR) is 377 cm³/mol. The van der Waals surface area contributed by atoms with Gasteiger partial charge < -0.3 is 8.83 Å². The molecule has 0 bridgehead atoms. The van der Waals surface area contributed by atoms with Crippen LogP contribution in [0.3, 0.4) is 0 Å². The molecule has 18 rings (SSSR count). The molecule has 18 aromatic rings.